The fourth-order valence-electron chi connectivity index (χ4n) is 3.04. The smallest absolute Gasteiger partial charge is 0.234 e. The van der Waals surface area contributed by atoms with Crippen molar-refractivity contribution in [3.8, 4) is 0 Å². The first-order valence-electron chi connectivity index (χ1n) is 7.94. The van der Waals surface area contributed by atoms with E-state index in [4.69, 9.17) is 0 Å². The molecule has 1 amide bonds. The molecule has 0 atom stereocenters. The molecule has 4 nitrogen and oxygen atoms in total. The Bertz CT molecular complexity index is 498. The largest absolute Gasteiger partial charge is 0.344 e. The van der Waals surface area contributed by atoms with Crippen molar-refractivity contribution in [2.24, 2.45) is 5.41 Å². The van der Waals surface area contributed by atoms with E-state index in [-0.39, 0.29) is 11.4 Å². The molecule has 2 fully saturated rings. The van der Waals surface area contributed by atoms with Gasteiger partial charge in [-0.2, -0.15) is 0 Å². The first-order chi connectivity index (χ1) is 9.99. The molecule has 3 rings (SSSR count). The molecule has 114 valence electrons. The molecule has 1 aromatic heterocycles. The van der Waals surface area contributed by atoms with Crippen LogP contribution in [-0.2, 0) is 10.3 Å². The lowest BCUT2D eigenvalue weighted by Crippen LogP contribution is -2.46. The van der Waals surface area contributed by atoms with Gasteiger partial charge in [-0.15, -0.1) is 0 Å². The van der Waals surface area contributed by atoms with Gasteiger partial charge in [0.1, 0.15) is 0 Å². The van der Waals surface area contributed by atoms with Crippen molar-refractivity contribution < 1.29 is 4.79 Å². The van der Waals surface area contributed by atoms with Gasteiger partial charge < -0.3 is 5.32 Å². The molecule has 1 saturated heterocycles. The van der Waals surface area contributed by atoms with Gasteiger partial charge >= 0.3 is 0 Å². The van der Waals surface area contributed by atoms with Crippen LogP contribution in [0.5, 0.6) is 0 Å². The standard InChI is InChI=1S/C17H25N3O/c1-16(2)8-11-20(12-9-16)13-15(21)19-17(6-7-17)14-5-3-4-10-18-14/h3-5,10H,6-9,11-13H2,1-2H3,(H,19,21). The molecule has 0 radical (unpaired) electrons. The Hall–Kier alpha value is -1.42. The van der Waals surface area contributed by atoms with Crippen LogP contribution in [0.2, 0.25) is 0 Å². The Labute approximate surface area is 126 Å². The summed E-state index contributed by atoms with van der Waals surface area (Å²) in [5.41, 5.74) is 1.24. The monoisotopic (exact) mass is 287 g/mol. The maximum Gasteiger partial charge on any atom is 0.234 e. The third kappa shape index (κ3) is 3.43. The van der Waals surface area contributed by atoms with E-state index in [1.54, 1.807) is 6.20 Å². The Morgan fingerprint density at radius 1 is 1.24 bits per heavy atom. The fraction of sp³-hybridized carbons (Fsp3) is 0.647. The Morgan fingerprint density at radius 2 is 1.95 bits per heavy atom. The van der Waals surface area contributed by atoms with Crippen molar-refractivity contribution in [3.05, 3.63) is 30.1 Å². The molecule has 0 bridgehead atoms. The maximum absolute atomic E-state index is 12.3. The second-order valence-electron chi connectivity index (χ2n) is 7.29. The van der Waals surface area contributed by atoms with Crippen molar-refractivity contribution in [1.82, 2.24) is 15.2 Å². The van der Waals surface area contributed by atoms with E-state index in [0.717, 1.165) is 31.6 Å². The van der Waals surface area contributed by atoms with Gasteiger partial charge in [-0.1, -0.05) is 19.9 Å². The summed E-state index contributed by atoms with van der Waals surface area (Å²) in [4.78, 5) is 19.0. The van der Waals surface area contributed by atoms with Crippen molar-refractivity contribution in [2.75, 3.05) is 19.6 Å². The highest BCUT2D eigenvalue weighted by molar-refractivity contribution is 5.79. The van der Waals surface area contributed by atoms with Gasteiger partial charge in [0.15, 0.2) is 0 Å². The number of nitrogens with zero attached hydrogens (tertiary/aromatic N) is 2. The summed E-state index contributed by atoms with van der Waals surface area (Å²) in [6, 6.07) is 5.91. The van der Waals surface area contributed by atoms with E-state index >= 15 is 0 Å². The zero-order valence-corrected chi connectivity index (χ0v) is 13.1. The zero-order chi connectivity index (χ0) is 14.9. The number of carbonyl (C=O) groups excluding carboxylic acids is 1. The first-order valence-corrected chi connectivity index (χ1v) is 7.94. The molecule has 1 N–H and O–H groups in total. The van der Waals surface area contributed by atoms with Gasteiger partial charge in [-0.3, -0.25) is 14.7 Å². The van der Waals surface area contributed by atoms with Crippen LogP contribution in [-0.4, -0.2) is 35.4 Å². The fourth-order valence-corrected chi connectivity index (χ4v) is 3.04. The molecule has 2 heterocycles. The first kappa shape index (κ1) is 14.5. The van der Waals surface area contributed by atoms with Gasteiger partial charge in [0.2, 0.25) is 5.91 Å². The summed E-state index contributed by atoms with van der Waals surface area (Å²) < 4.78 is 0. The molecule has 4 heteroatoms. The second-order valence-corrected chi connectivity index (χ2v) is 7.29. The molecule has 1 saturated carbocycles. The van der Waals surface area contributed by atoms with Crippen molar-refractivity contribution in [1.29, 1.82) is 0 Å². The van der Waals surface area contributed by atoms with Crippen molar-refractivity contribution in [3.63, 3.8) is 0 Å². The molecular weight excluding hydrogens is 262 g/mol. The maximum atomic E-state index is 12.3. The minimum atomic E-state index is -0.187. The van der Waals surface area contributed by atoms with Gasteiger partial charge in [0.25, 0.3) is 0 Å². The van der Waals surface area contributed by atoms with Crippen molar-refractivity contribution in [2.45, 2.75) is 45.1 Å². The molecule has 21 heavy (non-hydrogen) atoms. The molecule has 0 aromatic carbocycles. The van der Waals surface area contributed by atoms with Crippen LogP contribution in [0.25, 0.3) is 0 Å². The average Bonchev–Trinajstić information content (AvgIpc) is 3.23. The van der Waals surface area contributed by atoms with Crippen LogP contribution in [0.15, 0.2) is 24.4 Å². The number of likely N-dealkylation sites (tertiary alicyclic amines) is 1. The molecule has 1 aliphatic carbocycles. The summed E-state index contributed by atoms with van der Waals surface area (Å²) in [6.45, 7) is 7.19. The SMILES string of the molecule is CC1(C)CCN(CC(=O)NC2(c3ccccn3)CC2)CC1. The van der Waals surface area contributed by atoms with Crippen LogP contribution in [0.3, 0.4) is 0 Å². The summed E-state index contributed by atoms with van der Waals surface area (Å²) in [7, 11) is 0. The number of hydrogen-bond donors (Lipinski definition) is 1. The third-order valence-electron chi connectivity index (χ3n) is 4.86. The molecule has 0 unspecified atom stereocenters. The van der Waals surface area contributed by atoms with Crippen LogP contribution < -0.4 is 5.32 Å². The highest BCUT2D eigenvalue weighted by atomic mass is 16.2. The Morgan fingerprint density at radius 3 is 2.52 bits per heavy atom. The number of piperidine rings is 1. The molecule has 1 aliphatic heterocycles. The van der Waals surface area contributed by atoms with Crippen LogP contribution in [0, 0.1) is 5.41 Å². The summed E-state index contributed by atoms with van der Waals surface area (Å²) >= 11 is 0. The quantitative estimate of drug-likeness (QED) is 0.924. The summed E-state index contributed by atoms with van der Waals surface area (Å²) in [6.07, 6.45) is 6.15. The number of nitrogens with one attached hydrogen (secondary N) is 1. The lowest BCUT2D eigenvalue weighted by atomic mass is 9.83. The summed E-state index contributed by atoms with van der Waals surface area (Å²) in [5, 5.41) is 3.21. The zero-order valence-electron chi connectivity index (χ0n) is 13.1. The topological polar surface area (TPSA) is 45.2 Å². The van der Waals surface area contributed by atoms with Gasteiger partial charge in [-0.25, -0.2) is 0 Å². The minimum Gasteiger partial charge on any atom is -0.344 e. The predicted molar refractivity (Wildman–Crippen MR) is 82.7 cm³/mol. The number of hydrogen-bond acceptors (Lipinski definition) is 3. The van der Waals surface area contributed by atoms with E-state index in [9.17, 15) is 4.79 Å². The van der Waals surface area contributed by atoms with E-state index in [0.29, 0.717) is 12.0 Å². The van der Waals surface area contributed by atoms with E-state index < -0.39 is 0 Å². The number of rotatable bonds is 4. The molecular formula is C17H25N3O. The van der Waals surface area contributed by atoms with Crippen LogP contribution in [0.1, 0.15) is 45.2 Å². The normalized spacial score (nSPS) is 23.5. The lowest BCUT2D eigenvalue weighted by molar-refractivity contribution is -0.123. The lowest BCUT2D eigenvalue weighted by Gasteiger charge is -2.36. The van der Waals surface area contributed by atoms with Gasteiger partial charge in [0.05, 0.1) is 17.8 Å². The van der Waals surface area contributed by atoms with E-state index in [1.807, 2.05) is 18.2 Å². The minimum absolute atomic E-state index is 0.137. The number of amides is 1. The molecule has 0 spiro atoms. The van der Waals surface area contributed by atoms with E-state index in [1.165, 1.54) is 12.8 Å². The second kappa shape index (κ2) is 5.41. The molecule has 2 aliphatic rings. The Balaban J connectivity index is 1.53. The highest BCUT2D eigenvalue weighted by Gasteiger charge is 2.47. The van der Waals surface area contributed by atoms with E-state index in [2.05, 4.69) is 29.0 Å². The van der Waals surface area contributed by atoms with Crippen LogP contribution >= 0.6 is 0 Å². The number of pyridine rings is 1. The van der Waals surface area contributed by atoms with Gasteiger partial charge in [-0.05, 0) is 56.3 Å². The predicted octanol–water partition coefficient (Wildman–Crippen LogP) is 2.31. The summed E-state index contributed by atoms with van der Waals surface area (Å²) in [5.74, 6) is 0.137. The third-order valence-corrected chi connectivity index (χ3v) is 4.86. The highest BCUT2D eigenvalue weighted by Crippen LogP contribution is 2.44. The van der Waals surface area contributed by atoms with Crippen molar-refractivity contribution >= 4 is 5.91 Å². The Kier molecular flexibility index (Phi) is 3.74. The van der Waals surface area contributed by atoms with Gasteiger partial charge in [0, 0.05) is 6.20 Å². The average molecular weight is 287 g/mol. The number of aromatic nitrogens is 1. The molecule has 1 aromatic rings. The van der Waals surface area contributed by atoms with Crippen LogP contribution in [0.4, 0.5) is 0 Å². The number of carbonyl (C=O) groups is 1.